The third-order valence-electron chi connectivity index (χ3n) is 3.03. The molecular formula is C14H12N2OS. The van der Waals surface area contributed by atoms with Gasteiger partial charge in [0.2, 0.25) is 0 Å². The standard InChI is InChI=1S/C14H12N2OS/c15-14-16-12(8-18-14)13(17)11-7-3-5-9-4-1-2-6-10(9)11/h1-7,12H,8H2,(H2,15,16). The Morgan fingerprint density at radius 1 is 1.22 bits per heavy atom. The molecule has 2 N–H and O–H groups in total. The molecule has 2 aromatic rings. The van der Waals surface area contributed by atoms with E-state index in [9.17, 15) is 4.79 Å². The maximum atomic E-state index is 12.4. The van der Waals surface area contributed by atoms with Crippen molar-refractivity contribution in [2.24, 2.45) is 10.7 Å². The molecule has 1 heterocycles. The van der Waals surface area contributed by atoms with Gasteiger partial charge in [-0.25, -0.2) is 0 Å². The Kier molecular flexibility index (Phi) is 2.80. The maximum absolute atomic E-state index is 12.4. The van der Waals surface area contributed by atoms with Crippen molar-refractivity contribution in [1.29, 1.82) is 0 Å². The van der Waals surface area contributed by atoms with E-state index in [-0.39, 0.29) is 11.8 Å². The Balaban J connectivity index is 2.07. The molecule has 0 aromatic heterocycles. The molecule has 0 saturated heterocycles. The van der Waals surface area contributed by atoms with Gasteiger partial charge in [-0.05, 0) is 10.8 Å². The van der Waals surface area contributed by atoms with Gasteiger partial charge in [0.05, 0.1) is 0 Å². The zero-order valence-electron chi connectivity index (χ0n) is 9.67. The number of carbonyl (C=O) groups excluding carboxylic acids is 1. The highest BCUT2D eigenvalue weighted by molar-refractivity contribution is 8.14. The molecule has 4 heteroatoms. The summed E-state index contributed by atoms with van der Waals surface area (Å²) in [7, 11) is 0. The molecule has 3 nitrogen and oxygen atoms in total. The third kappa shape index (κ3) is 1.88. The summed E-state index contributed by atoms with van der Waals surface area (Å²) >= 11 is 1.44. The number of fused-ring (bicyclic) bond motifs is 1. The number of aliphatic imine (C=N–C) groups is 1. The van der Waals surface area contributed by atoms with Gasteiger partial charge in [-0.3, -0.25) is 9.79 Å². The number of rotatable bonds is 2. The van der Waals surface area contributed by atoms with Gasteiger partial charge in [-0.2, -0.15) is 0 Å². The van der Waals surface area contributed by atoms with Gasteiger partial charge in [0.25, 0.3) is 0 Å². The highest BCUT2D eigenvalue weighted by Crippen LogP contribution is 2.24. The van der Waals surface area contributed by atoms with Crippen molar-refractivity contribution in [3.63, 3.8) is 0 Å². The molecule has 1 aliphatic heterocycles. The van der Waals surface area contributed by atoms with Crippen LogP contribution in [-0.4, -0.2) is 22.7 Å². The zero-order chi connectivity index (χ0) is 12.5. The second-order valence-corrected chi connectivity index (χ2v) is 5.23. The number of thioether (sulfide) groups is 1. The second-order valence-electron chi connectivity index (χ2n) is 4.19. The minimum atomic E-state index is -0.333. The molecule has 0 aliphatic carbocycles. The van der Waals surface area contributed by atoms with Crippen molar-refractivity contribution in [3.8, 4) is 0 Å². The lowest BCUT2D eigenvalue weighted by atomic mass is 9.98. The summed E-state index contributed by atoms with van der Waals surface area (Å²) in [4.78, 5) is 16.6. The number of hydrogen-bond acceptors (Lipinski definition) is 4. The molecule has 0 bridgehead atoms. The highest BCUT2D eigenvalue weighted by atomic mass is 32.2. The number of Topliss-reactive ketones (excluding diaryl/α,β-unsaturated/α-hetero) is 1. The van der Waals surface area contributed by atoms with Crippen LogP contribution in [0.15, 0.2) is 47.5 Å². The SMILES string of the molecule is NC1=NC(C(=O)c2cccc3ccccc23)CS1. The highest BCUT2D eigenvalue weighted by Gasteiger charge is 2.25. The van der Waals surface area contributed by atoms with E-state index in [1.807, 2.05) is 42.5 Å². The molecule has 0 saturated carbocycles. The summed E-state index contributed by atoms with van der Waals surface area (Å²) in [5, 5.41) is 2.57. The molecular weight excluding hydrogens is 244 g/mol. The van der Waals surface area contributed by atoms with Gasteiger partial charge >= 0.3 is 0 Å². The van der Waals surface area contributed by atoms with E-state index in [0.717, 1.165) is 16.3 Å². The molecule has 0 fully saturated rings. The fourth-order valence-electron chi connectivity index (χ4n) is 2.15. The molecule has 0 spiro atoms. The van der Waals surface area contributed by atoms with Gasteiger partial charge in [0, 0.05) is 11.3 Å². The fraction of sp³-hybridized carbons (Fsp3) is 0.143. The van der Waals surface area contributed by atoms with Gasteiger partial charge < -0.3 is 5.73 Å². The lowest BCUT2D eigenvalue weighted by Crippen LogP contribution is -2.19. The predicted molar refractivity (Wildman–Crippen MR) is 76.1 cm³/mol. The van der Waals surface area contributed by atoms with E-state index in [2.05, 4.69) is 4.99 Å². The van der Waals surface area contributed by atoms with Gasteiger partial charge in [-0.1, -0.05) is 54.2 Å². The van der Waals surface area contributed by atoms with Crippen molar-refractivity contribution in [2.45, 2.75) is 6.04 Å². The fourth-order valence-corrected chi connectivity index (χ4v) is 2.90. The van der Waals surface area contributed by atoms with Crippen LogP contribution in [-0.2, 0) is 0 Å². The monoisotopic (exact) mass is 256 g/mol. The number of hydrogen-bond donors (Lipinski definition) is 1. The van der Waals surface area contributed by atoms with Gasteiger partial charge in [0.1, 0.15) is 6.04 Å². The van der Waals surface area contributed by atoms with Crippen LogP contribution in [0.1, 0.15) is 10.4 Å². The van der Waals surface area contributed by atoms with E-state index in [4.69, 9.17) is 5.73 Å². The largest absolute Gasteiger partial charge is 0.379 e. The maximum Gasteiger partial charge on any atom is 0.188 e. The number of nitrogens with two attached hydrogens (primary N) is 1. The van der Waals surface area contributed by atoms with Crippen LogP contribution in [0.4, 0.5) is 0 Å². The average Bonchev–Trinajstić information content (AvgIpc) is 2.84. The van der Waals surface area contributed by atoms with Crippen LogP contribution in [0.25, 0.3) is 10.8 Å². The van der Waals surface area contributed by atoms with Crippen LogP contribution in [0, 0.1) is 0 Å². The summed E-state index contributed by atoms with van der Waals surface area (Å²) in [6, 6.07) is 13.3. The first kappa shape index (κ1) is 11.3. The number of amidine groups is 1. The number of nitrogens with zero attached hydrogens (tertiary/aromatic N) is 1. The molecule has 1 atom stereocenters. The normalized spacial score (nSPS) is 18.9. The van der Waals surface area contributed by atoms with E-state index < -0.39 is 0 Å². The number of ketones is 1. The lowest BCUT2D eigenvalue weighted by Gasteiger charge is -2.08. The Bertz CT molecular complexity index is 646. The lowest BCUT2D eigenvalue weighted by molar-refractivity contribution is 0.0973. The summed E-state index contributed by atoms with van der Waals surface area (Å²) in [6.07, 6.45) is 0. The molecule has 90 valence electrons. The summed E-state index contributed by atoms with van der Waals surface area (Å²) in [5.41, 5.74) is 6.35. The van der Waals surface area contributed by atoms with Gasteiger partial charge in [-0.15, -0.1) is 0 Å². The molecule has 2 aromatic carbocycles. The quantitative estimate of drug-likeness (QED) is 0.840. The predicted octanol–water partition coefficient (Wildman–Crippen LogP) is 2.45. The van der Waals surface area contributed by atoms with Crippen LogP contribution in [0.3, 0.4) is 0 Å². The van der Waals surface area contributed by atoms with E-state index in [1.165, 1.54) is 11.8 Å². The van der Waals surface area contributed by atoms with Crippen molar-refractivity contribution < 1.29 is 4.79 Å². The minimum absolute atomic E-state index is 0.0553. The molecule has 3 rings (SSSR count). The second kappa shape index (κ2) is 4.46. The molecule has 0 amide bonds. The number of benzene rings is 2. The topological polar surface area (TPSA) is 55.4 Å². The Hall–Kier alpha value is -1.81. The Morgan fingerprint density at radius 3 is 2.78 bits per heavy atom. The van der Waals surface area contributed by atoms with Crippen molar-refractivity contribution in [3.05, 3.63) is 48.0 Å². The van der Waals surface area contributed by atoms with E-state index in [1.54, 1.807) is 0 Å². The first-order chi connectivity index (χ1) is 8.75. The van der Waals surface area contributed by atoms with Crippen LogP contribution < -0.4 is 5.73 Å². The van der Waals surface area contributed by atoms with Gasteiger partial charge in [0.15, 0.2) is 11.0 Å². The third-order valence-corrected chi connectivity index (χ3v) is 3.91. The minimum Gasteiger partial charge on any atom is -0.379 e. The summed E-state index contributed by atoms with van der Waals surface area (Å²) in [5.74, 6) is 0.702. The summed E-state index contributed by atoms with van der Waals surface area (Å²) < 4.78 is 0. The Morgan fingerprint density at radius 2 is 2.00 bits per heavy atom. The van der Waals surface area contributed by atoms with Crippen molar-refractivity contribution >= 4 is 33.5 Å². The number of carbonyl (C=O) groups is 1. The van der Waals surface area contributed by atoms with Crippen molar-refractivity contribution in [2.75, 3.05) is 5.75 Å². The molecule has 0 radical (unpaired) electrons. The summed E-state index contributed by atoms with van der Waals surface area (Å²) in [6.45, 7) is 0. The average molecular weight is 256 g/mol. The zero-order valence-corrected chi connectivity index (χ0v) is 10.5. The van der Waals surface area contributed by atoms with E-state index >= 15 is 0 Å². The molecule has 1 aliphatic rings. The molecule has 1 unspecified atom stereocenters. The van der Waals surface area contributed by atoms with E-state index in [0.29, 0.717) is 10.9 Å². The first-order valence-corrected chi connectivity index (χ1v) is 6.72. The smallest absolute Gasteiger partial charge is 0.188 e. The first-order valence-electron chi connectivity index (χ1n) is 5.74. The van der Waals surface area contributed by atoms with Crippen molar-refractivity contribution in [1.82, 2.24) is 0 Å². The Labute approximate surface area is 109 Å². The van der Waals surface area contributed by atoms with Crippen LogP contribution in [0.5, 0.6) is 0 Å². The van der Waals surface area contributed by atoms with Crippen LogP contribution in [0.2, 0.25) is 0 Å². The molecule has 18 heavy (non-hydrogen) atoms. The van der Waals surface area contributed by atoms with Crippen LogP contribution >= 0.6 is 11.8 Å².